The maximum atomic E-state index is 12.7. The molecular weight excluding hydrogens is 354 g/mol. The van der Waals surface area contributed by atoms with Gasteiger partial charge < -0.3 is 15.5 Å². The molecule has 2 aromatic rings. The molecule has 2 N–H and O–H groups in total. The molecule has 1 atom stereocenters. The monoisotopic (exact) mass is 379 g/mol. The van der Waals surface area contributed by atoms with Crippen LogP contribution in [0, 0.1) is 5.92 Å². The van der Waals surface area contributed by atoms with Gasteiger partial charge in [0.05, 0.1) is 5.92 Å². The predicted octanol–water partition coefficient (Wildman–Crippen LogP) is 3.76. The zero-order chi connectivity index (χ0) is 20.3. The number of rotatable bonds is 5. The number of para-hydroxylation sites is 1. The van der Waals surface area contributed by atoms with Crippen LogP contribution < -0.4 is 15.5 Å². The molecule has 0 bridgehead atoms. The molecule has 3 rings (SSSR count). The first kappa shape index (κ1) is 19.6. The van der Waals surface area contributed by atoms with Crippen molar-refractivity contribution in [1.82, 2.24) is 0 Å². The number of anilines is 3. The summed E-state index contributed by atoms with van der Waals surface area (Å²) >= 11 is 0. The molecule has 1 unspecified atom stereocenters. The van der Waals surface area contributed by atoms with Crippen LogP contribution in [0.5, 0.6) is 0 Å². The molecule has 6 heteroatoms. The third kappa shape index (κ3) is 4.39. The van der Waals surface area contributed by atoms with E-state index in [1.807, 2.05) is 24.3 Å². The van der Waals surface area contributed by atoms with Crippen LogP contribution in [0.1, 0.15) is 38.7 Å². The van der Waals surface area contributed by atoms with E-state index >= 15 is 0 Å². The first-order valence-corrected chi connectivity index (χ1v) is 9.43. The first-order chi connectivity index (χ1) is 13.3. The average molecular weight is 379 g/mol. The number of nitrogens with one attached hydrogen (secondary N) is 2. The Morgan fingerprint density at radius 2 is 1.61 bits per heavy atom. The summed E-state index contributed by atoms with van der Waals surface area (Å²) in [7, 11) is 0. The third-order valence-electron chi connectivity index (χ3n) is 4.82. The summed E-state index contributed by atoms with van der Waals surface area (Å²) in [5.41, 5.74) is 3.29. The fourth-order valence-corrected chi connectivity index (χ4v) is 3.42. The van der Waals surface area contributed by atoms with Crippen molar-refractivity contribution < 1.29 is 14.4 Å². The minimum Gasteiger partial charge on any atom is -0.326 e. The van der Waals surface area contributed by atoms with Crippen molar-refractivity contribution in [3.63, 3.8) is 0 Å². The Morgan fingerprint density at radius 3 is 2.21 bits per heavy atom. The number of carbonyl (C=O) groups excluding carboxylic acids is 3. The van der Waals surface area contributed by atoms with E-state index in [1.165, 1.54) is 6.92 Å². The van der Waals surface area contributed by atoms with E-state index in [0.29, 0.717) is 23.8 Å². The van der Waals surface area contributed by atoms with Crippen molar-refractivity contribution >= 4 is 34.8 Å². The highest BCUT2D eigenvalue weighted by Gasteiger charge is 2.36. The molecule has 1 saturated heterocycles. The molecule has 0 aromatic heterocycles. The maximum absolute atomic E-state index is 12.7. The van der Waals surface area contributed by atoms with E-state index in [9.17, 15) is 14.4 Å². The van der Waals surface area contributed by atoms with Gasteiger partial charge in [0.25, 0.3) is 0 Å². The zero-order valence-corrected chi connectivity index (χ0v) is 16.4. The second kappa shape index (κ2) is 8.25. The molecule has 1 aliphatic heterocycles. The number of hydrogen-bond donors (Lipinski definition) is 2. The van der Waals surface area contributed by atoms with Crippen LogP contribution in [0.4, 0.5) is 17.1 Å². The van der Waals surface area contributed by atoms with Gasteiger partial charge in [0.15, 0.2) is 0 Å². The molecule has 0 saturated carbocycles. The molecule has 2 aromatic carbocycles. The highest BCUT2D eigenvalue weighted by molar-refractivity contribution is 6.04. The van der Waals surface area contributed by atoms with Crippen LogP contribution in [0.3, 0.4) is 0 Å². The smallest absolute Gasteiger partial charge is 0.229 e. The van der Waals surface area contributed by atoms with Gasteiger partial charge in [-0.15, -0.1) is 0 Å². The van der Waals surface area contributed by atoms with Gasteiger partial charge in [-0.1, -0.05) is 32.0 Å². The van der Waals surface area contributed by atoms with E-state index in [2.05, 4.69) is 24.5 Å². The van der Waals surface area contributed by atoms with E-state index in [0.717, 1.165) is 11.3 Å². The normalized spacial score (nSPS) is 16.4. The third-order valence-corrected chi connectivity index (χ3v) is 4.82. The lowest BCUT2D eigenvalue weighted by Gasteiger charge is -2.22. The van der Waals surface area contributed by atoms with Gasteiger partial charge in [-0.3, -0.25) is 14.4 Å². The van der Waals surface area contributed by atoms with Crippen LogP contribution >= 0.6 is 0 Å². The summed E-state index contributed by atoms with van der Waals surface area (Å²) in [4.78, 5) is 38.0. The van der Waals surface area contributed by atoms with E-state index in [1.54, 1.807) is 29.2 Å². The Labute approximate surface area is 164 Å². The van der Waals surface area contributed by atoms with E-state index in [4.69, 9.17) is 0 Å². The summed E-state index contributed by atoms with van der Waals surface area (Å²) in [5.74, 6) is -0.468. The molecule has 1 fully saturated rings. The predicted molar refractivity (Wildman–Crippen MR) is 110 cm³/mol. The molecule has 28 heavy (non-hydrogen) atoms. The molecular formula is C22H25N3O3. The van der Waals surface area contributed by atoms with Gasteiger partial charge in [0.1, 0.15) is 0 Å². The second-order valence-corrected chi connectivity index (χ2v) is 7.37. The van der Waals surface area contributed by atoms with Gasteiger partial charge in [0.2, 0.25) is 17.7 Å². The summed E-state index contributed by atoms with van der Waals surface area (Å²) in [5, 5.41) is 5.55. The van der Waals surface area contributed by atoms with Gasteiger partial charge in [-0.25, -0.2) is 0 Å². The lowest BCUT2D eigenvalue weighted by atomic mass is 10.0. The molecule has 0 spiro atoms. The number of amides is 3. The van der Waals surface area contributed by atoms with Gasteiger partial charge >= 0.3 is 0 Å². The fraction of sp³-hybridized carbons (Fsp3) is 0.318. The maximum Gasteiger partial charge on any atom is 0.229 e. The Bertz CT molecular complexity index is 890. The number of nitrogens with zero attached hydrogens (tertiary/aromatic N) is 1. The Balaban J connectivity index is 1.68. The summed E-state index contributed by atoms with van der Waals surface area (Å²) in [6, 6.07) is 14.7. The summed E-state index contributed by atoms with van der Waals surface area (Å²) < 4.78 is 0. The van der Waals surface area contributed by atoms with Crippen LogP contribution in [0.15, 0.2) is 48.5 Å². The molecule has 146 valence electrons. The largest absolute Gasteiger partial charge is 0.326 e. The van der Waals surface area contributed by atoms with Gasteiger partial charge in [-0.05, 0) is 41.8 Å². The van der Waals surface area contributed by atoms with E-state index < -0.39 is 5.92 Å². The molecule has 1 heterocycles. The van der Waals surface area contributed by atoms with Crippen molar-refractivity contribution in [3.8, 4) is 0 Å². The number of carbonyl (C=O) groups is 3. The van der Waals surface area contributed by atoms with Crippen molar-refractivity contribution in [2.75, 3.05) is 22.1 Å². The lowest BCUT2D eigenvalue weighted by molar-refractivity contribution is -0.122. The second-order valence-electron chi connectivity index (χ2n) is 7.37. The van der Waals surface area contributed by atoms with Crippen LogP contribution in [-0.2, 0) is 14.4 Å². The van der Waals surface area contributed by atoms with Crippen molar-refractivity contribution in [1.29, 1.82) is 0 Å². The zero-order valence-electron chi connectivity index (χ0n) is 16.4. The highest BCUT2D eigenvalue weighted by Crippen LogP contribution is 2.32. The van der Waals surface area contributed by atoms with Crippen molar-refractivity contribution in [2.45, 2.75) is 33.1 Å². The minimum absolute atomic E-state index is 0.0331. The Morgan fingerprint density at radius 1 is 1.00 bits per heavy atom. The summed E-state index contributed by atoms with van der Waals surface area (Å²) in [6.45, 7) is 6.00. The molecule has 3 amide bonds. The summed E-state index contributed by atoms with van der Waals surface area (Å²) in [6.07, 6.45) is 0.197. The SMILES string of the molecule is CC(=O)Nc1ccc(NC(=O)C2CC(=O)N(c3ccccc3C(C)C)C2)cc1. The van der Waals surface area contributed by atoms with Gasteiger partial charge in [-0.2, -0.15) is 0 Å². The Hall–Kier alpha value is -3.15. The number of benzene rings is 2. The molecule has 0 aliphatic carbocycles. The Kier molecular flexibility index (Phi) is 5.78. The van der Waals surface area contributed by atoms with Crippen LogP contribution in [-0.4, -0.2) is 24.3 Å². The molecule has 0 radical (unpaired) electrons. The minimum atomic E-state index is -0.400. The fourth-order valence-electron chi connectivity index (χ4n) is 3.42. The standard InChI is InChI=1S/C22H25N3O3/c1-14(2)19-6-4-5-7-20(19)25-13-16(12-21(25)27)22(28)24-18-10-8-17(9-11-18)23-15(3)26/h4-11,14,16H,12-13H2,1-3H3,(H,23,26)(H,24,28). The average Bonchev–Trinajstić information content (AvgIpc) is 3.04. The van der Waals surface area contributed by atoms with Crippen LogP contribution in [0.2, 0.25) is 0 Å². The quantitative estimate of drug-likeness (QED) is 0.830. The molecule has 1 aliphatic rings. The first-order valence-electron chi connectivity index (χ1n) is 9.43. The lowest BCUT2D eigenvalue weighted by Crippen LogP contribution is -2.29. The highest BCUT2D eigenvalue weighted by atomic mass is 16.2. The van der Waals surface area contributed by atoms with Gasteiger partial charge in [0, 0.05) is 37.0 Å². The topological polar surface area (TPSA) is 78.5 Å². The van der Waals surface area contributed by atoms with Crippen LogP contribution in [0.25, 0.3) is 0 Å². The van der Waals surface area contributed by atoms with Crippen molar-refractivity contribution in [2.24, 2.45) is 5.92 Å². The number of hydrogen-bond acceptors (Lipinski definition) is 3. The van der Waals surface area contributed by atoms with Crippen molar-refractivity contribution in [3.05, 3.63) is 54.1 Å². The van der Waals surface area contributed by atoms with E-state index in [-0.39, 0.29) is 24.1 Å². The molecule has 6 nitrogen and oxygen atoms in total.